The highest BCUT2D eigenvalue weighted by molar-refractivity contribution is 5.94. The molecule has 1 aliphatic heterocycles. The van der Waals surface area contributed by atoms with Crippen LogP contribution in [-0.4, -0.2) is 65.7 Å². The number of carbonyl (C=O) groups excluding carboxylic acids is 1. The van der Waals surface area contributed by atoms with E-state index in [-0.39, 0.29) is 5.91 Å². The van der Waals surface area contributed by atoms with Gasteiger partial charge in [0.2, 0.25) is 0 Å². The van der Waals surface area contributed by atoms with Gasteiger partial charge in [0.25, 0.3) is 5.91 Å². The standard InChI is InChI=1S/C24H32N2O3/c1-24(2,28)13-12-20-8-10-21(11-9-20)23(27)26-16-14-25(15-17-26)18-19-29-22-6-4-3-5-7-22/h3-11,28H,12-19H2,1-2H3. The lowest BCUT2D eigenvalue weighted by atomic mass is 9.98. The molecule has 5 heteroatoms. The molecule has 1 heterocycles. The molecule has 1 saturated heterocycles. The van der Waals surface area contributed by atoms with E-state index < -0.39 is 5.60 Å². The molecule has 156 valence electrons. The van der Waals surface area contributed by atoms with Crippen molar-refractivity contribution in [2.75, 3.05) is 39.3 Å². The van der Waals surface area contributed by atoms with Gasteiger partial charge in [0.1, 0.15) is 12.4 Å². The van der Waals surface area contributed by atoms with Gasteiger partial charge in [-0.3, -0.25) is 9.69 Å². The Morgan fingerprint density at radius 2 is 1.66 bits per heavy atom. The Hall–Kier alpha value is -2.37. The maximum Gasteiger partial charge on any atom is 0.253 e. The summed E-state index contributed by atoms with van der Waals surface area (Å²) in [6.45, 7) is 8.38. The molecule has 0 spiro atoms. The number of para-hydroxylation sites is 1. The van der Waals surface area contributed by atoms with E-state index in [1.165, 1.54) is 0 Å². The Labute approximate surface area is 173 Å². The second-order valence-electron chi connectivity index (χ2n) is 8.30. The van der Waals surface area contributed by atoms with Crippen LogP contribution in [0.1, 0.15) is 36.2 Å². The fraction of sp³-hybridized carbons (Fsp3) is 0.458. The highest BCUT2D eigenvalue weighted by atomic mass is 16.5. The molecule has 1 N–H and O–H groups in total. The summed E-state index contributed by atoms with van der Waals surface area (Å²) >= 11 is 0. The van der Waals surface area contributed by atoms with Gasteiger partial charge in [-0.05, 0) is 56.5 Å². The molecule has 3 rings (SSSR count). The lowest BCUT2D eigenvalue weighted by Gasteiger charge is -2.34. The van der Waals surface area contributed by atoms with Crippen molar-refractivity contribution < 1.29 is 14.6 Å². The summed E-state index contributed by atoms with van der Waals surface area (Å²) < 4.78 is 5.77. The number of carbonyl (C=O) groups is 1. The molecule has 29 heavy (non-hydrogen) atoms. The zero-order valence-corrected chi connectivity index (χ0v) is 17.5. The average molecular weight is 397 g/mol. The van der Waals surface area contributed by atoms with Crippen LogP contribution in [0.15, 0.2) is 54.6 Å². The van der Waals surface area contributed by atoms with Crippen molar-refractivity contribution in [3.05, 3.63) is 65.7 Å². The quantitative estimate of drug-likeness (QED) is 0.744. The van der Waals surface area contributed by atoms with Gasteiger partial charge in [0.05, 0.1) is 5.60 Å². The van der Waals surface area contributed by atoms with Crippen LogP contribution >= 0.6 is 0 Å². The first-order valence-electron chi connectivity index (χ1n) is 10.4. The number of piperazine rings is 1. The molecule has 0 aromatic heterocycles. The van der Waals surface area contributed by atoms with Crippen molar-refractivity contribution in [1.82, 2.24) is 9.80 Å². The fourth-order valence-corrected chi connectivity index (χ4v) is 3.43. The lowest BCUT2D eigenvalue weighted by molar-refractivity contribution is 0.0619. The van der Waals surface area contributed by atoms with Crippen molar-refractivity contribution in [3.8, 4) is 5.75 Å². The van der Waals surface area contributed by atoms with Crippen molar-refractivity contribution in [3.63, 3.8) is 0 Å². The minimum absolute atomic E-state index is 0.0965. The summed E-state index contributed by atoms with van der Waals surface area (Å²) in [5.74, 6) is 0.992. The lowest BCUT2D eigenvalue weighted by Crippen LogP contribution is -2.49. The smallest absolute Gasteiger partial charge is 0.253 e. The minimum atomic E-state index is -0.666. The summed E-state index contributed by atoms with van der Waals surface area (Å²) in [7, 11) is 0. The normalized spacial score (nSPS) is 15.3. The summed E-state index contributed by atoms with van der Waals surface area (Å²) in [5.41, 5.74) is 1.21. The molecule has 0 unspecified atom stereocenters. The molecule has 2 aromatic rings. The molecule has 0 bridgehead atoms. The van der Waals surface area contributed by atoms with Crippen molar-refractivity contribution >= 4 is 5.91 Å². The van der Waals surface area contributed by atoms with Crippen LogP contribution < -0.4 is 4.74 Å². The van der Waals surface area contributed by atoms with E-state index in [4.69, 9.17) is 4.74 Å². The van der Waals surface area contributed by atoms with Crippen LogP contribution in [-0.2, 0) is 6.42 Å². The number of aliphatic hydroxyl groups is 1. The van der Waals surface area contributed by atoms with Crippen molar-refractivity contribution in [2.24, 2.45) is 0 Å². The number of hydrogen-bond donors (Lipinski definition) is 1. The number of rotatable bonds is 8. The second-order valence-corrected chi connectivity index (χ2v) is 8.30. The highest BCUT2D eigenvalue weighted by Gasteiger charge is 2.22. The van der Waals surface area contributed by atoms with Crippen LogP contribution in [0.5, 0.6) is 5.75 Å². The molecule has 0 aliphatic carbocycles. The maximum absolute atomic E-state index is 12.8. The summed E-state index contributed by atoms with van der Waals surface area (Å²) in [6.07, 6.45) is 1.51. The Morgan fingerprint density at radius 1 is 1.00 bits per heavy atom. The van der Waals surface area contributed by atoms with Crippen LogP contribution in [0.25, 0.3) is 0 Å². The van der Waals surface area contributed by atoms with Gasteiger partial charge in [0, 0.05) is 38.3 Å². The molecule has 0 saturated carbocycles. The number of amides is 1. The molecule has 2 aromatic carbocycles. The molecule has 1 amide bonds. The van der Waals surface area contributed by atoms with E-state index in [1.807, 2.05) is 73.3 Å². The van der Waals surface area contributed by atoms with Gasteiger partial charge >= 0.3 is 0 Å². The topological polar surface area (TPSA) is 53.0 Å². The van der Waals surface area contributed by atoms with E-state index >= 15 is 0 Å². The Morgan fingerprint density at radius 3 is 2.28 bits per heavy atom. The first kappa shape index (κ1) is 21.3. The average Bonchev–Trinajstić information content (AvgIpc) is 2.73. The number of hydrogen-bond acceptors (Lipinski definition) is 4. The van der Waals surface area contributed by atoms with Crippen LogP contribution in [0.3, 0.4) is 0 Å². The molecular formula is C24H32N2O3. The van der Waals surface area contributed by atoms with Crippen LogP contribution in [0, 0.1) is 0 Å². The molecule has 1 fully saturated rings. The third-order valence-corrected chi connectivity index (χ3v) is 5.31. The van der Waals surface area contributed by atoms with Gasteiger partial charge < -0.3 is 14.7 Å². The summed E-state index contributed by atoms with van der Waals surface area (Å²) in [4.78, 5) is 17.0. The van der Waals surface area contributed by atoms with E-state index in [2.05, 4.69) is 4.90 Å². The van der Waals surface area contributed by atoms with E-state index in [0.29, 0.717) is 13.0 Å². The predicted octanol–water partition coefficient (Wildman–Crippen LogP) is 3.23. The highest BCUT2D eigenvalue weighted by Crippen LogP contribution is 2.15. The van der Waals surface area contributed by atoms with E-state index in [1.54, 1.807) is 0 Å². The zero-order chi connectivity index (χ0) is 20.7. The predicted molar refractivity (Wildman–Crippen MR) is 115 cm³/mol. The van der Waals surface area contributed by atoms with E-state index in [0.717, 1.165) is 56.0 Å². The van der Waals surface area contributed by atoms with Gasteiger partial charge in [0.15, 0.2) is 0 Å². The first-order valence-corrected chi connectivity index (χ1v) is 10.4. The number of ether oxygens (including phenoxy) is 1. The summed E-state index contributed by atoms with van der Waals surface area (Å²) in [6, 6.07) is 17.7. The molecular weight excluding hydrogens is 364 g/mol. The third-order valence-electron chi connectivity index (χ3n) is 5.31. The molecule has 0 radical (unpaired) electrons. The SMILES string of the molecule is CC(C)(O)CCc1ccc(C(=O)N2CCN(CCOc3ccccc3)CC2)cc1. The largest absolute Gasteiger partial charge is 0.492 e. The van der Waals surface area contributed by atoms with E-state index in [9.17, 15) is 9.90 Å². The van der Waals surface area contributed by atoms with Gasteiger partial charge in [-0.2, -0.15) is 0 Å². The van der Waals surface area contributed by atoms with Crippen molar-refractivity contribution in [1.29, 1.82) is 0 Å². The molecule has 1 aliphatic rings. The van der Waals surface area contributed by atoms with Gasteiger partial charge in [-0.1, -0.05) is 30.3 Å². The van der Waals surface area contributed by atoms with Gasteiger partial charge in [-0.25, -0.2) is 0 Å². The molecule has 5 nitrogen and oxygen atoms in total. The van der Waals surface area contributed by atoms with Crippen LogP contribution in [0.4, 0.5) is 0 Å². The minimum Gasteiger partial charge on any atom is -0.492 e. The summed E-state index contributed by atoms with van der Waals surface area (Å²) in [5, 5.41) is 9.85. The first-order chi connectivity index (χ1) is 13.9. The molecule has 0 atom stereocenters. The van der Waals surface area contributed by atoms with Gasteiger partial charge in [-0.15, -0.1) is 0 Å². The fourth-order valence-electron chi connectivity index (χ4n) is 3.43. The monoisotopic (exact) mass is 396 g/mol. The second kappa shape index (κ2) is 9.90. The van der Waals surface area contributed by atoms with Crippen molar-refractivity contribution in [2.45, 2.75) is 32.3 Å². The Balaban J connectivity index is 1.41. The number of aryl methyl sites for hydroxylation is 1. The Bertz CT molecular complexity index is 761. The number of benzene rings is 2. The Kier molecular flexibility index (Phi) is 7.29. The third kappa shape index (κ3) is 6.87. The maximum atomic E-state index is 12.8. The zero-order valence-electron chi connectivity index (χ0n) is 17.5. The number of nitrogens with zero attached hydrogens (tertiary/aromatic N) is 2. The van der Waals surface area contributed by atoms with Crippen LogP contribution in [0.2, 0.25) is 0 Å².